The van der Waals surface area contributed by atoms with Gasteiger partial charge in [-0.1, -0.05) is 28.1 Å². The number of esters is 1. The zero-order chi connectivity index (χ0) is 17.2. The van der Waals surface area contributed by atoms with Gasteiger partial charge in [0.2, 0.25) is 0 Å². The quantitative estimate of drug-likeness (QED) is 0.481. The van der Waals surface area contributed by atoms with Crippen LogP contribution in [0.15, 0.2) is 57.4 Å². The van der Waals surface area contributed by atoms with E-state index in [1.165, 1.54) is 0 Å². The van der Waals surface area contributed by atoms with Crippen LogP contribution in [-0.2, 0) is 4.79 Å². The number of anilines is 1. The lowest BCUT2D eigenvalue weighted by Crippen LogP contribution is -2.37. The first-order valence-corrected chi connectivity index (χ1v) is 9.06. The van der Waals surface area contributed by atoms with Crippen LogP contribution >= 0.6 is 15.9 Å². The number of fused-ring (bicyclic) bond motifs is 1. The second kappa shape index (κ2) is 6.88. The number of halogens is 1. The topological polar surface area (TPSA) is 55.6 Å². The molecule has 0 saturated carbocycles. The third kappa shape index (κ3) is 3.54. The molecule has 128 valence electrons. The molecule has 1 aromatic heterocycles. The predicted molar refractivity (Wildman–Crippen MR) is 98.7 cm³/mol. The Balaban J connectivity index is 1.37. The summed E-state index contributed by atoms with van der Waals surface area (Å²) in [5.41, 5.74) is 1.64. The van der Waals surface area contributed by atoms with E-state index in [1.54, 1.807) is 12.1 Å². The van der Waals surface area contributed by atoms with Gasteiger partial charge in [-0.15, -0.1) is 0 Å². The van der Waals surface area contributed by atoms with Crippen LogP contribution in [-0.4, -0.2) is 24.0 Å². The van der Waals surface area contributed by atoms with E-state index in [0.717, 1.165) is 41.5 Å². The summed E-state index contributed by atoms with van der Waals surface area (Å²) in [7, 11) is 0. The van der Waals surface area contributed by atoms with Crippen LogP contribution in [0.2, 0.25) is 0 Å². The number of carbonyl (C=O) groups is 1. The molecule has 3 aromatic rings. The number of benzene rings is 2. The summed E-state index contributed by atoms with van der Waals surface area (Å²) in [6, 6.07) is 15.6. The number of hydrogen-bond acceptors (Lipinski definition) is 5. The molecule has 0 aliphatic carbocycles. The van der Waals surface area contributed by atoms with Crippen LogP contribution in [0, 0.1) is 5.92 Å². The van der Waals surface area contributed by atoms with Gasteiger partial charge in [0.25, 0.3) is 6.01 Å². The standard InChI is InChI=1S/C19H17BrN2O3/c20-14-5-7-15(8-6-14)24-18(23)13-9-11-22(12-10-13)19-21-16-3-1-2-4-17(16)25-19/h1-8,13H,9-12H2. The van der Waals surface area contributed by atoms with Crippen molar-refractivity contribution in [3.05, 3.63) is 53.0 Å². The third-order valence-corrected chi connectivity index (χ3v) is 4.94. The van der Waals surface area contributed by atoms with E-state index in [4.69, 9.17) is 9.15 Å². The molecule has 0 unspecified atom stereocenters. The molecule has 2 heterocycles. The number of carbonyl (C=O) groups excluding carboxylic acids is 1. The molecule has 0 radical (unpaired) electrons. The summed E-state index contributed by atoms with van der Waals surface area (Å²) < 4.78 is 12.2. The van der Waals surface area contributed by atoms with E-state index in [0.29, 0.717) is 11.8 Å². The van der Waals surface area contributed by atoms with E-state index in [9.17, 15) is 4.79 Å². The SMILES string of the molecule is O=C(Oc1ccc(Br)cc1)C1CCN(c2nc3ccccc3o2)CC1. The molecule has 0 N–H and O–H groups in total. The summed E-state index contributed by atoms with van der Waals surface area (Å²) >= 11 is 3.37. The van der Waals surface area contributed by atoms with Gasteiger partial charge in [-0.25, -0.2) is 0 Å². The summed E-state index contributed by atoms with van der Waals surface area (Å²) in [4.78, 5) is 19.0. The van der Waals surface area contributed by atoms with E-state index in [2.05, 4.69) is 25.8 Å². The first kappa shape index (κ1) is 16.1. The summed E-state index contributed by atoms with van der Waals surface area (Å²) in [6.45, 7) is 1.46. The molecule has 1 saturated heterocycles. The van der Waals surface area contributed by atoms with Crippen molar-refractivity contribution < 1.29 is 13.9 Å². The van der Waals surface area contributed by atoms with Crippen LogP contribution < -0.4 is 9.64 Å². The van der Waals surface area contributed by atoms with Crippen LogP contribution in [0.4, 0.5) is 6.01 Å². The minimum Gasteiger partial charge on any atom is -0.426 e. The normalized spacial score (nSPS) is 15.5. The van der Waals surface area contributed by atoms with E-state index < -0.39 is 0 Å². The molecule has 0 bridgehead atoms. The van der Waals surface area contributed by atoms with Gasteiger partial charge in [0, 0.05) is 17.6 Å². The van der Waals surface area contributed by atoms with E-state index in [1.807, 2.05) is 36.4 Å². The fraction of sp³-hybridized carbons (Fsp3) is 0.263. The lowest BCUT2D eigenvalue weighted by molar-refractivity contribution is -0.139. The van der Waals surface area contributed by atoms with Crippen molar-refractivity contribution in [2.75, 3.05) is 18.0 Å². The highest BCUT2D eigenvalue weighted by Gasteiger charge is 2.28. The van der Waals surface area contributed by atoms with E-state index in [-0.39, 0.29) is 11.9 Å². The highest BCUT2D eigenvalue weighted by molar-refractivity contribution is 9.10. The molecule has 0 amide bonds. The summed E-state index contributed by atoms with van der Waals surface area (Å²) in [6.07, 6.45) is 1.46. The maximum Gasteiger partial charge on any atom is 0.314 e. The van der Waals surface area contributed by atoms with Crippen LogP contribution in [0.1, 0.15) is 12.8 Å². The highest BCUT2D eigenvalue weighted by atomic mass is 79.9. The maximum atomic E-state index is 12.3. The Bertz CT molecular complexity index is 850. The molecule has 1 aliphatic rings. The molecule has 0 atom stereocenters. The van der Waals surface area contributed by atoms with Crippen molar-refractivity contribution >= 4 is 39.0 Å². The first-order chi connectivity index (χ1) is 12.2. The first-order valence-electron chi connectivity index (χ1n) is 8.27. The van der Waals surface area contributed by atoms with Gasteiger partial charge in [0.05, 0.1) is 5.92 Å². The molecule has 25 heavy (non-hydrogen) atoms. The minimum atomic E-state index is -0.167. The van der Waals surface area contributed by atoms with Crippen molar-refractivity contribution in [3.8, 4) is 5.75 Å². The number of para-hydroxylation sites is 2. The Kier molecular flexibility index (Phi) is 4.44. The molecular weight excluding hydrogens is 384 g/mol. The van der Waals surface area contributed by atoms with Crippen LogP contribution in [0.25, 0.3) is 11.1 Å². The summed E-state index contributed by atoms with van der Waals surface area (Å²) in [5, 5.41) is 0. The molecule has 4 rings (SSSR count). The number of ether oxygens (including phenoxy) is 1. The maximum absolute atomic E-state index is 12.3. The second-order valence-electron chi connectivity index (χ2n) is 6.10. The average Bonchev–Trinajstić information content (AvgIpc) is 3.08. The van der Waals surface area contributed by atoms with Crippen molar-refractivity contribution in [1.82, 2.24) is 4.98 Å². The second-order valence-corrected chi connectivity index (χ2v) is 7.02. The van der Waals surface area contributed by atoms with E-state index >= 15 is 0 Å². The Morgan fingerprint density at radius 2 is 1.84 bits per heavy atom. The third-order valence-electron chi connectivity index (χ3n) is 4.41. The van der Waals surface area contributed by atoms with Crippen molar-refractivity contribution in [3.63, 3.8) is 0 Å². The van der Waals surface area contributed by atoms with Crippen molar-refractivity contribution in [2.24, 2.45) is 5.92 Å². The Labute approximate surface area is 153 Å². The zero-order valence-corrected chi connectivity index (χ0v) is 15.1. The molecule has 5 nitrogen and oxygen atoms in total. The molecule has 6 heteroatoms. The van der Waals surface area contributed by atoms with Gasteiger partial charge in [-0.3, -0.25) is 4.79 Å². The lowest BCUT2D eigenvalue weighted by atomic mass is 9.97. The van der Waals surface area contributed by atoms with Crippen LogP contribution in [0.3, 0.4) is 0 Å². The van der Waals surface area contributed by atoms with Gasteiger partial charge < -0.3 is 14.1 Å². The number of aromatic nitrogens is 1. The Morgan fingerprint density at radius 3 is 2.56 bits per heavy atom. The van der Waals surface area contributed by atoms with Gasteiger partial charge in [0.1, 0.15) is 11.3 Å². The fourth-order valence-corrected chi connectivity index (χ4v) is 3.27. The zero-order valence-electron chi connectivity index (χ0n) is 13.5. The minimum absolute atomic E-state index is 0.0933. The number of rotatable bonds is 3. The van der Waals surface area contributed by atoms with Crippen LogP contribution in [0.5, 0.6) is 5.75 Å². The predicted octanol–water partition coefficient (Wildman–Crippen LogP) is 4.41. The monoisotopic (exact) mass is 400 g/mol. The molecule has 1 fully saturated rings. The largest absolute Gasteiger partial charge is 0.426 e. The summed E-state index contributed by atoms with van der Waals surface area (Å²) in [5.74, 6) is 0.318. The number of nitrogens with zero attached hydrogens (tertiary/aromatic N) is 2. The number of piperidine rings is 1. The number of oxazole rings is 1. The fourth-order valence-electron chi connectivity index (χ4n) is 3.00. The molecule has 1 aliphatic heterocycles. The average molecular weight is 401 g/mol. The van der Waals surface area contributed by atoms with Gasteiger partial charge in [-0.2, -0.15) is 4.98 Å². The van der Waals surface area contributed by atoms with Gasteiger partial charge in [0.15, 0.2) is 5.58 Å². The smallest absolute Gasteiger partial charge is 0.314 e. The Morgan fingerprint density at radius 1 is 1.12 bits per heavy atom. The highest BCUT2D eigenvalue weighted by Crippen LogP contribution is 2.27. The molecule has 0 spiro atoms. The van der Waals surface area contributed by atoms with Gasteiger partial charge >= 0.3 is 5.97 Å². The van der Waals surface area contributed by atoms with Crippen molar-refractivity contribution in [2.45, 2.75) is 12.8 Å². The Hall–Kier alpha value is -2.34. The molecule has 2 aromatic carbocycles. The van der Waals surface area contributed by atoms with Crippen molar-refractivity contribution in [1.29, 1.82) is 0 Å². The lowest BCUT2D eigenvalue weighted by Gasteiger charge is -2.29. The number of hydrogen-bond donors (Lipinski definition) is 0. The van der Waals surface area contributed by atoms with Gasteiger partial charge in [-0.05, 0) is 49.2 Å². The molecular formula is C19H17BrN2O3.